The maximum atomic E-state index is 12.0. The summed E-state index contributed by atoms with van der Waals surface area (Å²) in [6.45, 7) is 4.54. The Morgan fingerprint density at radius 2 is 2.10 bits per heavy atom. The van der Waals surface area contributed by atoms with Crippen LogP contribution in [0.25, 0.3) is 0 Å². The lowest BCUT2D eigenvalue weighted by molar-refractivity contribution is 0.0953. The third-order valence-corrected chi connectivity index (χ3v) is 2.83. The molecule has 112 valence electrons. The van der Waals surface area contributed by atoms with E-state index < -0.39 is 0 Å². The number of amides is 1. The number of hydrogen-bond donors (Lipinski definition) is 2. The first kappa shape index (κ1) is 15.0. The van der Waals surface area contributed by atoms with Crippen LogP contribution in [-0.2, 0) is 6.42 Å². The highest BCUT2D eigenvalue weighted by atomic mass is 16.5. The summed E-state index contributed by atoms with van der Waals surface area (Å²) in [6, 6.07) is 7.15. The molecule has 0 atom stereocenters. The minimum atomic E-state index is -0.0799. The molecule has 0 aliphatic rings. The van der Waals surface area contributed by atoms with Gasteiger partial charge in [0.25, 0.3) is 5.91 Å². The Labute approximate surface area is 123 Å². The van der Waals surface area contributed by atoms with E-state index in [0.29, 0.717) is 12.1 Å². The third-order valence-electron chi connectivity index (χ3n) is 2.83. The van der Waals surface area contributed by atoms with Crippen LogP contribution in [0.5, 0.6) is 5.75 Å². The topological polar surface area (TPSA) is 79.9 Å². The van der Waals surface area contributed by atoms with Crippen LogP contribution in [0.1, 0.15) is 36.5 Å². The lowest BCUT2D eigenvalue weighted by atomic mass is 10.2. The molecule has 1 amide bonds. The van der Waals surface area contributed by atoms with E-state index >= 15 is 0 Å². The smallest absolute Gasteiger partial charge is 0.251 e. The molecule has 1 aromatic heterocycles. The van der Waals surface area contributed by atoms with Gasteiger partial charge in [-0.3, -0.25) is 9.89 Å². The van der Waals surface area contributed by atoms with Gasteiger partial charge < -0.3 is 10.1 Å². The number of aryl methyl sites for hydroxylation is 1. The molecule has 0 bridgehead atoms. The number of rotatable bonds is 7. The monoisotopic (exact) mass is 288 g/mol. The second kappa shape index (κ2) is 7.42. The first-order valence-electron chi connectivity index (χ1n) is 7.04. The summed E-state index contributed by atoms with van der Waals surface area (Å²) < 4.78 is 5.54. The fraction of sp³-hybridized carbons (Fsp3) is 0.400. The van der Waals surface area contributed by atoms with E-state index in [9.17, 15) is 4.79 Å². The Hall–Kier alpha value is -2.37. The van der Waals surface area contributed by atoms with Crippen molar-refractivity contribution in [3.8, 4) is 5.75 Å². The summed E-state index contributed by atoms with van der Waals surface area (Å²) in [5, 5.41) is 9.45. The molecule has 0 saturated heterocycles. The maximum absolute atomic E-state index is 12.0. The van der Waals surface area contributed by atoms with Crippen LogP contribution >= 0.6 is 0 Å². The molecule has 0 saturated carbocycles. The quantitative estimate of drug-likeness (QED) is 0.763. The molecule has 0 fully saturated rings. The van der Waals surface area contributed by atoms with Crippen molar-refractivity contribution < 1.29 is 9.53 Å². The van der Waals surface area contributed by atoms with Crippen LogP contribution in [-0.4, -0.2) is 33.7 Å². The minimum Gasteiger partial charge on any atom is -0.491 e. The molecular weight excluding hydrogens is 268 g/mol. The lowest BCUT2D eigenvalue weighted by Crippen LogP contribution is -2.24. The van der Waals surface area contributed by atoms with E-state index in [-0.39, 0.29) is 12.0 Å². The highest BCUT2D eigenvalue weighted by Gasteiger charge is 2.06. The summed E-state index contributed by atoms with van der Waals surface area (Å²) in [5.74, 6) is 1.52. The van der Waals surface area contributed by atoms with Crippen LogP contribution in [0.4, 0.5) is 0 Å². The third kappa shape index (κ3) is 4.91. The molecule has 2 rings (SSSR count). The molecule has 6 nitrogen and oxygen atoms in total. The van der Waals surface area contributed by atoms with Crippen molar-refractivity contribution in [2.75, 3.05) is 6.54 Å². The maximum Gasteiger partial charge on any atom is 0.251 e. The number of carbonyl (C=O) groups excluding carboxylic acids is 1. The van der Waals surface area contributed by atoms with Crippen LogP contribution < -0.4 is 10.1 Å². The van der Waals surface area contributed by atoms with Gasteiger partial charge in [0.2, 0.25) is 0 Å². The molecule has 21 heavy (non-hydrogen) atoms. The standard InChI is InChI=1S/C15H20N4O2/c1-11(2)21-13-7-5-12(6-8-13)15(20)16-9-3-4-14-17-10-18-19-14/h5-8,10-11H,3-4,9H2,1-2H3,(H,16,20)(H,17,18,19). The highest BCUT2D eigenvalue weighted by Crippen LogP contribution is 2.13. The van der Waals surface area contributed by atoms with Crippen LogP contribution in [0.15, 0.2) is 30.6 Å². The van der Waals surface area contributed by atoms with E-state index in [1.807, 2.05) is 26.0 Å². The summed E-state index contributed by atoms with van der Waals surface area (Å²) in [6.07, 6.45) is 3.19. The van der Waals surface area contributed by atoms with Crippen molar-refractivity contribution in [3.63, 3.8) is 0 Å². The number of carbonyl (C=O) groups is 1. The van der Waals surface area contributed by atoms with Crippen molar-refractivity contribution in [3.05, 3.63) is 42.0 Å². The minimum absolute atomic E-state index is 0.0799. The predicted octanol–water partition coefficient (Wildman–Crippen LogP) is 1.95. The largest absolute Gasteiger partial charge is 0.491 e. The second-order valence-electron chi connectivity index (χ2n) is 4.98. The number of nitrogens with zero attached hydrogens (tertiary/aromatic N) is 2. The van der Waals surface area contributed by atoms with Crippen LogP contribution in [0.2, 0.25) is 0 Å². The molecule has 0 unspecified atom stereocenters. The van der Waals surface area contributed by atoms with E-state index in [0.717, 1.165) is 24.4 Å². The van der Waals surface area contributed by atoms with E-state index in [2.05, 4.69) is 20.5 Å². The Kier molecular flexibility index (Phi) is 5.31. The van der Waals surface area contributed by atoms with Gasteiger partial charge in [-0.2, -0.15) is 5.10 Å². The van der Waals surface area contributed by atoms with Crippen molar-refractivity contribution >= 4 is 5.91 Å². The average Bonchev–Trinajstić information content (AvgIpc) is 2.97. The summed E-state index contributed by atoms with van der Waals surface area (Å²) in [4.78, 5) is 16.0. The number of H-pyrrole nitrogens is 1. The van der Waals surface area contributed by atoms with Gasteiger partial charge in [0.15, 0.2) is 0 Å². The van der Waals surface area contributed by atoms with Crippen LogP contribution in [0, 0.1) is 0 Å². The molecule has 0 spiro atoms. The number of aromatic amines is 1. The van der Waals surface area contributed by atoms with Crippen molar-refractivity contribution in [2.24, 2.45) is 0 Å². The van der Waals surface area contributed by atoms with Crippen LogP contribution in [0.3, 0.4) is 0 Å². The zero-order valence-electron chi connectivity index (χ0n) is 12.3. The Balaban J connectivity index is 1.75. The predicted molar refractivity (Wildman–Crippen MR) is 79.2 cm³/mol. The molecule has 0 aliphatic carbocycles. The zero-order valence-corrected chi connectivity index (χ0v) is 12.3. The molecule has 1 aromatic carbocycles. The molecule has 0 radical (unpaired) electrons. The number of hydrogen-bond acceptors (Lipinski definition) is 4. The molecular formula is C15H20N4O2. The highest BCUT2D eigenvalue weighted by molar-refractivity contribution is 5.94. The first-order chi connectivity index (χ1) is 10.1. The summed E-state index contributed by atoms with van der Waals surface area (Å²) in [7, 11) is 0. The number of ether oxygens (including phenoxy) is 1. The molecule has 2 aromatic rings. The molecule has 2 N–H and O–H groups in total. The van der Waals surface area contributed by atoms with Gasteiger partial charge in [-0.1, -0.05) is 0 Å². The second-order valence-corrected chi connectivity index (χ2v) is 4.98. The lowest BCUT2D eigenvalue weighted by Gasteiger charge is -2.10. The fourth-order valence-corrected chi connectivity index (χ4v) is 1.87. The van der Waals surface area contributed by atoms with Gasteiger partial charge in [0.05, 0.1) is 6.10 Å². The number of aromatic nitrogens is 3. The fourth-order valence-electron chi connectivity index (χ4n) is 1.87. The summed E-state index contributed by atoms with van der Waals surface area (Å²) >= 11 is 0. The average molecular weight is 288 g/mol. The normalized spacial score (nSPS) is 10.6. The zero-order chi connectivity index (χ0) is 15.1. The Morgan fingerprint density at radius 3 is 2.71 bits per heavy atom. The van der Waals surface area contributed by atoms with Crippen molar-refractivity contribution in [1.82, 2.24) is 20.5 Å². The van der Waals surface area contributed by atoms with Crippen molar-refractivity contribution in [1.29, 1.82) is 0 Å². The Bertz CT molecular complexity index is 550. The molecule has 1 heterocycles. The molecule has 0 aliphatic heterocycles. The van der Waals surface area contributed by atoms with Gasteiger partial charge in [0, 0.05) is 18.5 Å². The van der Waals surface area contributed by atoms with Gasteiger partial charge in [-0.15, -0.1) is 0 Å². The first-order valence-corrected chi connectivity index (χ1v) is 7.04. The SMILES string of the molecule is CC(C)Oc1ccc(C(=O)NCCCc2ncn[nH]2)cc1. The summed E-state index contributed by atoms with van der Waals surface area (Å²) in [5.41, 5.74) is 0.630. The van der Waals surface area contributed by atoms with Crippen molar-refractivity contribution in [2.45, 2.75) is 32.8 Å². The number of benzene rings is 1. The van der Waals surface area contributed by atoms with E-state index in [1.54, 1.807) is 12.1 Å². The van der Waals surface area contributed by atoms with Gasteiger partial charge in [0.1, 0.15) is 17.9 Å². The molecule has 6 heteroatoms. The van der Waals surface area contributed by atoms with E-state index in [1.165, 1.54) is 6.33 Å². The van der Waals surface area contributed by atoms with Gasteiger partial charge >= 0.3 is 0 Å². The van der Waals surface area contributed by atoms with Gasteiger partial charge in [-0.25, -0.2) is 4.98 Å². The van der Waals surface area contributed by atoms with Gasteiger partial charge in [-0.05, 0) is 44.5 Å². The Morgan fingerprint density at radius 1 is 1.33 bits per heavy atom. The van der Waals surface area contributed by atoms with E-state index in [4.69, 9.17) is 4.74 Å². The number of nitrogens with one attached hydrogen (secondary N) is 2.